The number of hydrogen-bond acceptors (Lipinski definition) is 4. The zero-order valence-electron chi connectivity index (χ0n) is 8.32. The van der Waals surface area contributed by atoms with E-state index in [0.717, 1.165) is 0 Å². The first-order valence-electron chi connectivity index (χ1n) is 4.49. The van der Waals surface area contributed by atoms with Crippen molar-refractivity contribution in [2.45, 2.75) is 13.3 Å². The van der Waals surface area contributed by atoms with Crippen LogP contribution in [0, 0.1) is 0 Å². The Morgan fingerprint density at radius 2 is 1.80 bits per heavy atom. The Hall–Kier alpha value is -1.91. The van der Waals surface area contributed by atoms with Gasteiger partial charge in [0.25, 0.3) is 0 Å². The fourth-order valence-corrected chi connectivity index (χ4v) is 1.19. The Morgan fingerprint density at radius 3 is 2.27 bits per heavy atom. The third-order valence-corrected chi connectivity index (χ3v) is 1.92. The van der Waals surface area contributed by atoms with Crippen LogP contribution in [-0.2, 0) is 11.2 Å². The summed E-state index contributed by atoms with van der Waals surface area (Å²) in [6.45, 7) is 1.82. The molecule has 0 saturated carbocycles. The van der Waals surface area contributed by atoms with E-state index in [0.29, 0.717) is 18.5 Å². The van der Waals surface area contributed by atoms with E-state index in [1.54, 1.807) is 0 Å². The fraction of sp³-hybridized carbons (Fsp3) is 0.300. The normalized spacial score (nSPS) is 9.93. The fourth-order valence-electron chi connectivity index (χ4n) is 1.19. The predicted molar refractivity (Wildman–Crippen MR) is 53.8 cm³/mol. The summed E-state index contributed by atoms with van der Waals surface area (Å²) in [6, 6.07) is 2.69. The van der Waals surface area contributed by atoms with Crippen molar-refractivity contribution < 1.29 is 20.1 Å². The van der Waals surface area contributed by atoms with E-state index in [-0.39, 0.29) is 17.4 Å². The zero-order chi connectivity index (χ0) is 11.4. The number of amides is 1. The molecule has 4 N–H and O–H groups in total. The van der Waals surface area contributed by atoms with Crippen molar-refractivity contribution in [3.8, 4) is 17.2 Å². The molecule has 0 aliphatic rings. The van der Waals surface area contributed by atoms with Gasteiger partial charge in [-0.15, -0.1) is 0 Å². The van der Waals surface area contributed by atoms with Gasteiger partial charge in [0.05, 0.1) is 0 Å². The van der Waals surface area contributed by atoms with Crippen molar-refractivity contribution in [3.63, 3.8) is 0 Å². The molecule has 5 heteroatoms. The molecule has 5 nitrogen and oxygen atoms in total. The van der Waals surface area contributed by atoms with Crippen molar-refractivity contribution in [2.24, 2.45) is 0 Å². The lowest BCUT2D eigenvalue weighted by Gasteiger charge is -2.06. The Kier molecular flexibility index (Phi) is 3.38. The van der Waals surface area contributed by atoms with Crippen LogP contribution in [0.1, 0.15) is 12.5 Å². The van der Waals surface area contributed by atoms with Crippen LogP contribution < -0.4 is 5.32 Å². The van der Waals surface area contributed by atoms with Crippen LogP contribution >= 0.6 is 0 Å². The highest BCUT2D eigenvalue weighted by Crippen LogP contribution is 2.35. The van der Waals surface area contributed by atoms with Crippen LogP contribution in [0.25, 0.3) is 0 Å². The molecule has 0 atom stereocenters. The molecule has 0 aliphatic carbocycles. The van der Waals surface area contributed by atoms with Gasteiger partial charge in [0.1, 0.15) is 0 Å². The smallest absolute Gasteiger partial charge is 0.216 e. The minimum atomic E-state index is -0.529. The van der Waals surface area contributed by atoms with Gasteiger partial charge < -0.3 is 20.6 Å². The van der Waals surface area contributed by atoms with E-state index in [1.165, 1.54) is 19.1 Å². The summed E-state index contributed by atoms with van der Waals surface area (Å²) in [6.07, 6.45) is 0.473. The van der Waals surface area contributed by atoms with Gasteiger partial charge in [-0.25, -0.2) is 0 Å². The van der Waals surface area contributed by atoms with Gasteiger partial charge in [0, 0.05) is 13.5 Å². The third kappa shape index (κ3) is 3.05. The molecule has 1 rings (SSSR count). The molecule has 0 radical (unpaired) electrons. The van der Waals surface area contributed by atoms with Crippen LogP contribution in [0.5, 0.6) is 17.2 Å². The second-order valence-electron chi connectivity index (χ2n) is 3.22. The van der Waals surface area contributed by atoms with Gasteiger partial charge in [-0.1, -0.05) is 0 Å². The average molecular weight is 211 g/mol. The van der Waals surface area contributed by atoms with Crippen molar-refractivity contribution in [1.29, 1.82) is 0 Å². The topological polar surface area (TPSA) is 89.8 Å². The van der Waals surface area contributed by atoms with Gasteiger partial charge in [0.2, 0.25) is 5.91 Å². The van der Waals surface area contributed by atoms with E-state index < -0.39 is 5.75 Å². The molecule has 0 bridgehead atoms. The number of aromatic hydroxyl groups is 3. The molecule has 0 spiro atoms. The lowest BCUT2D eigenvalue weighted by Crippen LogP contribution is -2.22. The minimum absolute atomic E-state index is 0.137. The van der Waals surface area contributed by atoms with Gasteiger partial charge in [-0.05, 0) is 24.1 Å². The molecular weight excluding hydrogens is 198 g/mol. The molecule has 0 heterocycles. The number of phenols is 3. The Morgan fingerprint density at radius 1 is 1.27 bits per heavy atom. The average Bonchev–Trinajstić information content (AvgIpc) is 2.13. The third-order valence-electron chi connectivity index (χ3n) is 1.92. The lowest BCUT2D eigenvalue weighted by molar-refractivity contribution is -0.118. The van der Waals surface area contributed by atoms with Crippen molar-refractivity contribution >= 4 is 5.91 Å². The Labute approximate surface area is 87.0 Å². The molecule has 15 heavy (non-hydrogen) atoms. The second kappa shape index (κ2) is 4.54. The summed E-state index contributed by atoms with van der Waals surface area (Å²) in [5.41, 5.74) is 0.636. The monoisotopic (exact) mass is 211 g/mol. The standard InChI is InChI=1S/C10H13NO4/c1-6(12)11-3-2-7-4-8(13)10(15)9(14)5-7/h4-5,13-15H,2-3H2,1H3,(H,11,12). The number of phenolic OH excluding ortho intramolecular Hbond substituents is 3. The zero-order valence-corrected chi connectivity index (χ0v) is 8.32. The molecule has 1 aromatic carbocycles. The molecule has 0 unspecified atom stereocenters. The molecule has 0 fully saturated rings. The number of carbonyl (C=O) groups excluding carboxylic acids is 1. The number of hydrogen-bond donors (Lipinski definition) is 4. The van der Waals surface area contributed by atoms with E-state index in [1.807, 2.05) is 0 Å². The first-order valence-corrected chi connectivity index (χ1v) is 4.49. The SMILES string of the molecule is CC(=O)NCCc1cc(O)c(O)c(O)c1. The van der Waals surface area contributed by atoms with Gasteiger partial charge in [0.15, 0.2) is 17.2 Å². The van der Waals surface area contributed by atoms with E-state index in [2.05, 4.69) is 5.32 Å². The summed E-state index contributed by atoms with van der Waals surface area (Å²) >= 11 is 0. The summed E-state index contributed by atoms with van der Waals surface area (Å²) in [7, 11) is 0. The number of rotatable bonds is 3. The Bertz CT molecular complexity index is 353. The second-order valence-corrected chi connectivity index (χ2v) is 3.22. The lowest BCUT2D eigenvalue weighted by atomic mass is 10.1. The minimum Gasteiger partial charge on any atom is -0.504 e. The summed E-state index contributed by atoms with van der Waals surface area (Å²) < 4.78 is 0. The summed E-state index contributed by atoms with van der Waals surface area (Å²) in [5, 5.41) is 30.0. The molecule has 0 saturated heterocycles. The molecule has 1 amide bonds. The highest BCUT2D eigenvalue weighted by Gasteiger charge is 2.07. The summed E-state index contributed by atoms with van der Waals surface area (Å²) in [5.74, 6) is -1.40. The van der Waals surface area contributed by atoms with Crippen molar-refractivity contribution in [3.05, 3.63) is 17.7 Å². The van der Waals surface area contributed by atoms with Gasteiger partial charge >= 0.3 is 0 Å². The predicted octanol–water partition coefficient (Wildman–Crippen LogP) is 0.482. The highest BCUT2D eigenvalue weighted by molar-refractivity contribution is 5.72. The molecular formula is C10H13NO4. The quantitative estimate of drug-likeness (QED) is 0.547. The molecule has 1 aromatic rings. The maximum Gasteiger partial charge on any atom is 0.216 e. The van der Waals surface area contributed by atoms with Crippen molar-refractivity contribution in [1.82, 2.24) is 5.32 Å². The van der Waals surface area contributed by atoms with Crippen LogP contribution in [0.3, 0.4) is 0 Å². The molecule has 0 aliphatic heterocycles. The Balaban J connectivity index is 2.66. The van der Waals surface area contributed by atoms with Gasteiger partial charge in [-0.3, -0.25) is 4.79 Å². The number of benzene rings is 1. The summed E-state index contributed by atoms with van der Waals surface area (Å²) in [4.78, 5) is 10.6. The molecule has 0 aromatic heterocycles. The maximum absolute atomic E-state index is 10.6. The first-order chi connectivity index (χ1) is 7.00. The van der Waals surface area contributed by atoms with E-state index in [4.69, 9.17) is 5.11 Å². The van der Waals surface area contributed by atoms with Crippen molar-refractivity contribution in [2.75, 3.05) is 6.54 Å². The van der Waals surface area contributed by atoms with Crippen LogP contribution in [-0.4, -0.2) is 27.8 Å². The largest absolute Gasteiger partial charge is 0.504 e. The number of nitrogens with one attached hydrogen (secondary N) is 1. The van der Waals surface area contributed by atoms with E-state index in [9.17, 15) is 15.0 Å². The maximum atomic E-state index is 10.6. The first kappa shape index (κ1) is 11.2. The van der Waals surface area contributed by atoms with Crippen LogP contribution in [0.15, 0.2) is 12.1 Å². The number of carbonyl (C=O) groups is 1. The van der Waals surface area contributed by atoms with Crippen LogP contribution in [0.2, 0.25) is 0 Å². The highest BCUT2D eigenvalue weighted by atomic mass is 16.3. The van der Waals surface area contributed by atoms with E-state index >= 15 is 0 Å². The van der Waals surface area contributed by atoms with Gasteiger partial charge in [-0.2, -0.15) is 0 Å². The molecule has 82 valence electrons. The van der Waals surface area contributed by atoms with Crippen LogP contribution in [0.4, 0.5) is 0 Å².